The van der Waals surface area contributed by atoms with Crippen molar-refractivity contribution in [2.45, 2.75) is 51.4 Å². The summed E-state index contributed by atoms with van der Waals surface area (Å²) in [6.07, 6.45) is 8.78. The normalized spacial score (nSPS) is 36.2. The molecule has 1 saturated carbocycles. The van der Waals surface area contributed by atoms with Crippen molar-refractivity contribution in [3.8, 4) is 0 Å². The third kappa shape index (κ3) is 3.32. The van der Waals surface area contributed by atoms with Crippen molar-refractivity contribution >= 4 is 11.8 Å². The third-order valence-corrected chi connectivity index (χ3v) is 6.58. The van der Waals surface area contributed by atoms with Gasteiger partial charge in [-0.3, -0.25) is 9.59 Å². The lowest BCUT2D eigenvalue weighted by atomic mass is 9.72. The molecule has 5 nitrogen and oxygen atoms in total. The van der Waals surface area contributed by atoms with E-state index in [2.05, 4.69) is 10.2 Å². The van der Waals surface area contributed by atoms with Crippen LogP contribution in [0, 0.1) is 17.3 Å². The number of piperidine rings is 3. The largest absolute Gasteiger partial charge is 0.356 e. The summed E-state index contributed by atoms with van der Waals surface area (Å²) in [5, 5.41) is 3.11. The third-order valence-electron chi connectivity index (χ3n) is 6.58. The highest BCUT2D eigenvalue weighted by Crippen LogP contribution is 2.40. The van der Waals surface area contributed by atoms with E-state index in [4.69, 9.17) is 0 Å². The van der Waals surface area contributed by atoms with Gasteiger partial charge in [-0.05, 0) is 70.4 Å². The predicted octanol–water partition coefficient (Wildman–Crippen LogP) is 1.63. The smallest absolute Gasteiger partial charge is 0.230 e. The number of likely N-dealkylation sites (tertiary alicyclic amines) is 1. The molecule has 1 aliphatic carbocycles. The van der Waals surface area contributed by atoms with Crippen LogP contribution in [0.2, 0.25) is 0 Å². The molecule has 0 radical (unpaired) electrons. The molecule has 4 rings (SSSR count). The van der Waals surface area contributed by atoms with Gasteiger partial charge >= 0.3 is 0 Å². The zero-order valence-electron chi connectivity index (χ0n) is 14.8. The molecule has 1 atom stereocenters. The second kappa shape index (κ2) is 6.66. The van der Waals surface area contributed by atoms with Gasteiger partial charge in [-0.25, -0.2) is 0 Å². The van der Waals surface area contributed by atoms with Crippen LogP contribution in [0.25, 0.3) is 0 Å². The van der Waals surface area contributed by atoms with Gasteiger partial charge in [-0.1, -0.05) is 0 Å². The molecule has 24 heavy (non-hydrogen) atoms. The van der Waals surface area contributed by atoms with Crippen molar-refractivity contribution in [2.75, 3.05) is 39.3 Å². The topological polar surface area (TPSA) is 52.7 Å². The Labute approximate surface area is 145 Å². The fraction of sp³-hybridized carbons (Fsp3) is 0.895. The highest BCUT2D eigenvalue weighted by molar-refractivity contribution is 5.85. The van der Waals surface area contributed by atoms with Crippen molar-refractivity contribution in [3.63, 3.8) is 0 Å². The van der Waals surface area contributed by atoms with Crippen LogP contribution < -0.4 is 5.32 Å². The van der Waals surface area contributed by atoms with Gasteiger partial charge in [0.1, 0.15) is 0 Å². The number of carbonyl (C=O) groups is 2. The van der Waals surface area contributed by atoms with Crippen LogP contribution in [0.4, 0.5) is 0 Å². The molecule has 1 unspecified atom stereocenters. The minimum absolute atomic E-state index is 0.00105. The lowest BCUT2D eigenvalue weighted by Crippen LogP contribution is -2.58. The molecule has 0 aromatic carbocycles. The molecule has 3 aliphatic heterocycles. The second-order valence-electron chi connectivity index (χ2n) is 8.54. The summed E-state index contributed by atoms with van der Waals surface area (Å²) in [7, 11) is 0. The van der Waals surface area contributed by atoms with Crippen molar-refractivity contribution in [1.29, 1.82) is 0 Å². The summed E-state index contributed by atoms with van der Waals surface area (Å²) >= 11 is 0. The SMILES string of the molecule is O=C(NCC1CC1)C1CCCN(C(=O)C23CCCN(CCC2)C3)C1. The van der Waals surface area contributed by atoms with Crippen LogP contribution in [-0.2, 0) is 9.59 Å². The van der Waals surface area contributed by atoms with Gasteiger partial charge in [0.25, 0.3) is 0 Å². The molecule has 2 bridgehead atoms. The fourth-order valence-electron chi connectivity index (χ4n) is 4.97. The van der Waals surface area contributed by atoms with E-state index >= 15 is 0 Å². The first-order valence-electron chi connectivity index (χ1n) is 9.96. The number of amides is 2. The minimum atomic E-state index is -0.150. The number of hydrogen-bond acceptors (Lipinski definition) is 3. The lowest BCUT2D eigenvalue weighted by molar-refractivity contribution is -0.151. The van der Waals surface area contributed by atoms with E-state index in [0.29, 0.717) is 18.4 Å². The fourth-order valence-corrected chi connectivity index (χ4v) is 4.97. The number of carbonyl (C=O) groups excluding carboxylic acids is 2. The molecular weight excluding hydrogens is 302 g/mol. The highest BCUT2D eigenvalue weighted by Gasteiger charge is 2.47. The first kappa shape index (κ1) is 16.4. The summed E-state index contributed by atoms with van der Waals surface area (Å²) in [6.45, 7) is 5.57. The molecule has 3 heterocycles. The van der Waals surface area contributed by atoms with E-state index in [-0.39, 0.29) is 17.2 Å². The maximum atomic E-state index is 13.3. The van der Waals surface area contributed by atoms with E-state index in [0.717, 1.165) is 71.2 Å². The summed E-state index contributed by atoms with van der Waals surface area (Å²) in [6, 6.07) is 0. The average molecular weight is 333 g/mol. The first-order valence-corrected chi connectivity index (χ1v) is 9.96. The molecular formula is C19H31N3O2. The first-order chi connectivity index (χ1) is 11.7. The number of nitrogens with one attached hydrogen (secondary N) is 1. The molecule has 0 aromatic heterocycles. The molecule has 5 heteroatoms. The van der Waals surface area contributed by atoms with Crippen LogP contribution in [0.1, 0.15) is 51.4 Å². The Morgan fingerprint density at radius 3 is 2.46 bits per heavy atom. The van der Waals surface area contributed by atoms with Crippen molar-refractivity contribution in [2.24, 2.45) is 17.3 Å². The quantitative estimate of drug-likeness (QED) is 0.851. The Balaban J connectivity index is 1.37. The van der Waals surface area contributed by atoms with E-state index in [1.807, 2.05) is 4.90 Å². The standard InChI is InChI=1S/C19H31N3O2/c23-17(20-12-15-5-6-15)16-4-1-11-22(13-16)18(24)19-7-2-9-21(14-19)10-3-8-19/h15-16H,1-14H2,(H,20,23). The van der Waals surface area contributed by atoms with Crippen LogP contribution in [0.15, 0.2) is 0 Å². The maximum absolute atomic E-state index is 13.3. The Bertz CT molecular complexity index is 493. The van der Waals surface area contributed by atoms with Crippen molar-refractivity contribution < 1.29 is 9.59 Å². The molecule has 0 spiro atoms. The molecule has 134 valence electrons. The number of hydrogen-bond donors (Lipinski definition) is 1. The Kier molecular flexibility index (Phi) is 4.54. The monoisotopic (exact) mass is 333 g/mol. The van der Waals surface area contributed by atoms with Crippen LogP contribution in [0.5, 0.6) is 0 Å². The highest BCUT2D eigenvalue weighted by atomic mass is 16.2. The summed E-state index contributed by atoms with van der Waals surface area (Å²) in [4.78, 5) is 30.2. The van der Waals surface area contributed by atoms with E-state index in [9.17, 15) is 9.59 Å². The molecule has 4 fully saturated rings. The van der Waals surface area contributed by atoms with Crippen LogP contribution >= 0.6 is 0 Å². The number of nitrogens with zero attached hydrogens (tertiary/aromatic N) is 2. The van der Waals surface area contributed by atoms with E-state index in [1.54, 1.807) is 0 Å². The molecule has 3 saturated heterocycles. The summed E-state index contributed by atoms with van der Waals surface area (Å²) < 4.78 is 0. The van der Waals surface area contributed by atoms with Gasteiger partial charge in [-0.15, -0.1) is 0 Å². The maximum Gasteiger partial charge on any atom is 0.230 e. The second-order valence-corrected chi connectivity index (χ2v) is 8.54. The minimum Gasteiger partial charge on any atom is -0.356 e. The zero-order chi connectivity index (χ0) is 16.6. The predicted molar refractivity (Wildman–Crippen MR) is 92.4 cm³/mol. The van der Waals surface area contributed by atoms with E-state index in [1.165, 1.54) is 12.8 Å². The zero-order valence-corrected chi connectivity index (χ0v) is 14.8. The van der Waals surface area contributed by atoms with Crippen LogP contribution in [-0.4, -0.2) is 60.9 Å². The summed E-state index contributed by atoms with van der Waals surface area (Å²) in [5.41, 5.74) is -0.150. The van der Waals surface area contributed by atoms with Crippen molar-refractivity contribution in [1.82, 2.24) is 15.1 Å². The molecule has 0 aromatic rings. The van der Waals surface area contributed by atoms with Gasteiger partial charge in [0.2, 0.25) is 11.8 Å². The Hall–Kier alpha value is -1.10. The lowest BCUT2D eigenvalue weighted by Gasteiger charge is -2.48. The van der Waals surface area contributed by atoms with Gasteiger partial charge in [-0.2, -0.15) is 0 Å². The molecule has 4 aliphatic rings. The summed E-state index contributed by atoms with van der Waals surface area (Å²) in [5.74, 6) is 1.23. The van der Waals surface area contributed by atoms with Gasteiger partial charge in [0.05, 0.1) is 11.3 Å². The van der Waals surface area contributed by atoms with Crippen molar-refractivity contribution in [3.05, 3.63) is 0 Å². The Morgan fingerprint density at radius 2 is 1.75 bits per heavy atom. The van der Waals surface area contributed by atoms with Gasteiger partial charge in [0, 0.05) is 26.2 Å². The Morgan fingerprint density at radius 1 is 1.00 bits per heavy atom. The average Bonchev–Trinajstić information content (AvgIpc) is 3.43. The number of rotatable bonds is 4. The molecule has 1 N–H and O–H groups in total. The van der Waals surface area contributed by atoms with Gasteiger partial charge < -0.3 is 15.1 Å². The van der Waals surface area contributed by atoms with Gasteiger partial charge in [0.15, 0.2) is 0 Å². The molecule has 2 amide bonds. The number of fused-ring (bicyclic) bond motifs is 2. The van der Waals surface area contributed by atoms with Crippen LogP contribution in [0.3, 0.4) is 0 Å². The van der Waals surface area contributed by atoms with E-state index < -0.39 is 0 Å².